The van der Waals surface area contributed by atoms with Crippen LogP contribution in [-0.4, -0.2) is 15.9 Å². The molecular weight excluding hydrogens is 511 g/mol. The number of amides is 1. The van der Waals surface area contributed by atoms with Gasteiger partial charge in [0, 0.05) is 26.0 Å². The molecule has 0 spiro atoms. The van der Waals surface area contributed by atoms with Crippen molar-refractivity contribution < 1.29 is 4.79 Å². The van der Waals surface area contributed by atoms with Gasteiger partial charge in [-0.3, -0.25) is 15.6 Å². The summed E-state index contributed by atoms with van der Waals surface area (Å²) in [4.78, 5) is 21.5. The van der Waals surface area contributed by atoms with E-state index in [9.17, 15) is 4.79 Å². The van der Waals surface area contributed by atoms with Crippen LogP contribution < -0.4 is 10.9 Å². The van der Waals surface area contributed by atoms with Gasteiger partial charge in [-0.15, -0.1) is 0 Å². The van der Waals surface area contributed by atoms with E-state index in [1.54, 1.807) is 24.3 Å². The van der Waals surface area contributed by atoms with Crippen LogP contribution >= 0.6 is 50.7 Å². The van der Waals surface area contributed by atoms with Gasteiger partial charge in [-0.05, 0) is 48.5 Å². The number of aromatic nitrogens is 2. The van der Waals surface area contributed by atoms with E-state index in [1.807, 2.05) is 30.3 Å². The van der Waals surface area contributed by atoms with Gasteiger partial charge in [0.2, 0.25) is 5.95 Å². The summed E-state index contributed by atoms with van der Waals surface area (Å²) in [6.07, 6.45) is 0. The van der Waals surface area contributed by atoms with Crippen LogP contribution in [0.3, 0.4) is 0 Å². The van der Waals surface area contributed by atoms with Crippen molar-refractivity contribution in [1.82, 2.24) is 15.4 Å². The number of hydrogen-bond donors (Lipinski definition) is 2. The summed E-state index contributed by atoms with van der Waals surface area (Å²) in [5.74, 6) is -0.163. The molecule has 0 aliphatic heterocycles. The van der Waals surface area contributed by atoms with Crippen LogP contribution in [0, 0.1) is 0 Å². The molecule has 1 amide bonds. The molecule has 3 aromatic carbocycles. The number of fused-ring (bicyclic) bond motifs is 1. The minimum absolute atomic E-state index is 0.239. The molecule has 0 bridgehead atoms. The van der Waals surface area contributed by atoms with E-state index in [0.29, 0.717) is 31.8 Å². The number of nitrogens with zero attached hydrogens (tertiary/aromatic N) is 2. The number of anilines is 1. The van der Waals surface area contributed by atoms with Crippen molar-refractivity contribution in [3.63, 3.8) is 0 Å². The van der Waals surface area contributed by atoms with Gasteiger partial charge in [-0.25, -0.2) is 9.97 Å². The molecule has 2 N–H and O–H groups in total. The fraction of sp³-hybridized carbons (Fsp3) is 0. The fourth-order valence-electron chi connectivity index (χ4n) is 2.81. The highest BCUT2D eigenvalue weighted by Crippen LogP contribution is 2.30. The zero-order valence-corrected chi connectivity index (χ0v) is 18.9. The molecule has 0 saturated heterocycles. The molecule has 150 valence electrons. The topological polar surface area (TPSA) is 66.9 Å². The van der Waals surface area contributed by atoms with Crippen LogP contribution in [0.25, 0.3) is 22.2 Å². The predicted molar refractivity (Wildman–Crippen MR) is 125 cm³/mol. The lowest BCUT2D eigenvalue weighted by Gasteiger charge is -2.12. The summed E-state index contributed by atoms with van der Waals surface area (Å²) >= 11 is 21.4. The summed E-state index contributed by atoms with van der Waals surface area (Å²) in [6, 6.07) is 17.7. The number of hydrogen-bond acceptors (Lipinski definition) is 4. The predicted octanol–water partition coefficient (Wildman–Crippen LogP) is 6.78. The lowest BCUT2D eigenvalue weighted by molar-refractivity contribution is 0.0962. The largest absolute Gasteiger partial charge is 0.269 e. The van der Waals surface area contributed by atoms with E-state index in [0.717, 1.165) is 15.4 Å². The Morgan fingerprint density at radius 3 is 2.37 bits per heavy atom. The molecule has 0 fully saturated rings. The summed E-state index contributed by atoms with van der Waals surface area (Å²) in [7, 11) is 0. The lowest BCUT2D eigenvalue weighted by atomic mass is 10.1. The summed E-state index contributed by atoms with van der Waals surface area (Å²) in [5.41, 5.74) is 7.97. The number of rotatable bonds is 4. The number of nitrogens with one attached hydrogen (secondary N) is 2. The lowest BCUT2D eigenvalue weighted by Crippen LogP contribution is -2.30. The van der Waals surface area contributed by atoms with Gasteiger partial charge in [-0.1, -0.05) is 62.9 Å². The van der Waals surface area contributed by atoms with Crippen molar-refractivity contribution in [3.8, 4) is 11.3 Å². The van der Waals surface area contributed by atoms with Gasteiger partial charge >= 0.3 is 0 Å². The number of halogens is 4. The Bertz CT molecular complexity index is 1270. The molecule has 5 nitrogen and oxygen atoms in total. The number of hydrazine groups is 1. The summed E-state index contributed by atoms with van der Waals surface area (Å²) < 4.78 is 0.905. The molecule has 4 rings (SSSR count). The van der Waals surface area contributed by atoms with Gasteiger partial charge in [0.15, 0.2) is 0 Å². The molecule has 1 heterocycles. The van der Waals surface area contributed by atoms with E-state index in [1.165, 1.54) is 6.07 Å². The molecule has 4 aromatic rings. The molecule has 1 aromatic heterocycles. The standard InChI is InChI=1S/C21H12BrCl3N4O/c22-13-4-8-18-15(10-13)19(11-1-5-14(23)6-2-11)27-21(26-18)29-28-20(30)12-3-7-16(24)17(25)9-12/h1-10H,(H,28,30)(H,26,27,29). The maximum atomic E-state index is 12.4. The minimum atomic E-state index is -0.402. The molecule has 0 aliphatic rings. The Kier molecular flexibility index (Phi) is 6.11. The fourth-order valence-corrected chi connectivity index (χ4v) is 3.59. The molecule has 0 unspecified atom stereocenters. The van der Waals surface area contributed by atoms with E-state index in [2.05, 4.69) is 36.7 Å². The first kappa shape index (κ1) is 20.9. The average molecular weight is 523 g/mol. The molecule has 0 radical (unpaired) electrons. The van der Waals surface area contributed by atoms with E-state index < -0.39 is 5.91 Å². The van der Waals surface area contributed by atoms with Crippen LogP contribution in [0.15, 0.2) is 65.1 Å². The molecule has 30 heavy (non-hydrogen) atoms. The van der Waals surface area contributed by atoms with Gasteiger partial charge in [0.1, 0.15) is 0 Å². The summed E-state index contributed by atoms with van der Waals surface area (Å²) in [5, 5.41) is 2.15. The van der Waals surface area contributed by atoms with Crippen molar-refractivity contribution in [3.05, 3.63) is 85.8 Å². The van der Waals surface area contributed by atoms with Gasteiger partial charge in [0.05, 0.1) is 21.3 Å². The number of benzene rings is 3. The zero-order valence-electron chi connectivity index (χ0n) is 15.1. The highest BCUT2D eigenvalue weighted by Gasteiger charge is 2.13. The quantitative estimate of drug-likeness (QED) is 0.290. The Hall–Kier alpha value is -2.38. The highest BCUT2D eigenvalue weighted by molar-refractivity contribution is 9.10. The van der Waals surface area contributed by atoms with Gasteiger partial charge in [0.25, 0.3) is 5.91 Å². The van der Waals surface area contributed by atoms with Crippen molar-refractivity contribution in [1.29, 1.82) is 0 Å². The van der Waals surface area contributed by atoms with Crippen molar-refractivity contribution in [2.24, 2.45) is 0 Å². The monoisotopic (exact) mass is 520 g/mol. The van der Waals surface area contributed by atoms with E-state index in [4.69, 9.17) is 34.8 Å². The summed E-state index contributed by atoms with van der Waals surface area (Å²) in [6.45, 7) is 0. The first-order valence-electron chi connectivity index (χ1n) is 8.65. The third kappa shape index (κ3) is 4.52. The Morgan fingerprint density at radius 2 is 1.63 bits per heavy atom. The normalized spacial score (nSPS) is 10.8. The van der Waals surface area contributed by atoms with Crippen LogP contribution in [0.4, 0.5) is 5.95 Å². The first-order valence-corrected chi connectivity index (χ1v) is 10.6. The Morgan fingerprint density at radius 1 is 0.867 bits per heavy atom. The third-order valence-corrected chi connectivity index (χ3v) is 5.73. The van der Waals surface area contributed by atoms with Crippen LogP contribution in [0.1, 0.15) is 10.4 Å². The highest BCUT2D eigenvalue weighted by atomic mass is 79.9. The third-order valence-electron chi connectivity index (χ3n) is 4.25. The first-order chi connectivity index (χ1) is 14.4. The van der Waals surface area contributed by atoms with Crippen molar-refractivity contribution in [2.45, 2.75) is 0 Å². The molecule has 0 saturated carbocycles. The maximum absolute atomic E-state index is 12.4. The minimum Gasteiger partial charge on any atom is -0.267 e. The number of carbonyl (C=O) groups excluding carboxylic acids is 1. The zero-order chi connectivity index (χ0) is 21.3. The van der Waals surface area contributed by atoms with E-state index in [-0.39, 0.29) is 5.95 Å². The van der Waals surface area contributed by atoms with Gasteiger partial charge < -0.3 is 0 Å². The van der Waals surface area contributed by atoms with Crippen LogP contribution in [0.5, 0.6) is 0 Å². The smallest absolute Gasteiger partial charge is 0.267 e. The van der Waals surface area contributed by atoms with Crippen LogP contribution in [-0.2, 0) is 0 Å². The molecular formula is C21H12BrCl3N4O. The van der Waals surface area contributed by atoms with E-state index >= 15 is 0 Å². The SMILES string of the molecule is O=C(NNc1nc(-c2ccc(Cl)cc2)c2cc(Br)ccc2n1)c1ccc(Cl)c(Cl)c1. The number of carbonyl (C=O) groups is 1. The van der Waals surface area contributed by atoms with Crippen molar-refractivity contribution in [2.75, 3.05) is 5.43 Å². The average Bonchev–Trinajstić information content (AvgIpc) is 2.74. The van der Waals surface area contributed by atoms with Gasteiger partial charge in [-0.2, -0.15) is 0 Å². The molecule has 9 heteroatoms. The second-order valence-electron chi connectivity index (χ2n) is 6.27. The Labute approximate surface area is 195 Å². The second-order valence-corrected chi connectivity index (χ2v) is 8.44. The molecule has 0 atom stereocenters. The van der Waals surface area contributed by atoms with Crippen LogP contribution in [0.2, 0.25) is 15.1 Å². The maximum Gasteiger partial charge on any atom is 0.269 e. The molecule has 0 aliphatic carbocycles. The van der Waals surface area contributed by atoms with Crippen molar-refractivity contribution >= 4 is 73.5 Å². The Balaban J connectivity index is 1.67. The second kappa shape index (κ2) is 8.78.